The maximum absolute atomic E-state index is 11.8. The number of carbonyl (C=O) groups is 1. The van der Waals surface area contributed by atoms with Crippen molar-refractivity contribution in [3.8, 4) is 5.75 Å². The van der Waals surface area contributed by atoms with E-state index < -0.39 is 12.1 Å². The van der Waals surface area contributed by atoms with Crippen molar-refractivity contribution in [1.29, 1.82) is 0 Å². The third-order valence-corrected chi connectivity index (χ3v) is 3.48. The quantitative estimate of drug-likeness (QED) is 0.869. The average molecular weight is 339 g/mol. The molecule has 2 aromatic rings. The lowest BCUT2D eigenvalue weighted by Gasteiger charge is -2.16. The standard InChI is InChI=1S/C15H15BrO4/c1-3-20-15(18)14(17)13-11-6-5-10(16)8-9(11)4-7-12(13)19-2/h4-8,14,17H,3H2,1-2H3. The normalized spacial score (nSPS) is 12.2. The summed E-state index contributed by atoms with van der Waals surface area (Å²) in [6.07, 6.45) is -1.37. The zero-order valence-electron chi connectivity index (χ0n) is 11.2. The Hall–Kier alpha value is -1.59. The summed E-state index contributed by atoms with van der Waals surface area (Å²) in [6.45, 7) is 1.91. The molecule has 106 valence electrons. The van der Waals surface area contributed by atoms with Gasteiger partial charge in [-0.15, -0.1) is 0 Å². The third-order valence-electron chi connectivity index (χ3n) is 2.99. The monoisotopic (exact) mass is 338 g/mol. The zero-order chi connectivity index (χ0) is 14.7. The van der Waals surface area contributed by atoms with Crippen molar-refractivity contribution in [3.05, 3.63) is 40.4 Å². The van der Waals surface area contributed by atoms with Crippen LogP contribution in [0.1, 0.15) is 18.6 Å². The number of benzene rings is 2. The highest BCUT2D eigenvalue weighted by Crippen LogP contribution is 2.34. The smallest absolute Gasteiger partial charge is 0.339 e. The number of aliphatic hydroxyl groups is 1. The molecule has 0 bridgehead atoms. The summed E-state index contributed by atoms with van der Waals surface area (Å²) < 4.78 is 11.1. The van der Waals surface area contributed by atoms with Crippen LogP contribution in [0.2, 0.25) is 0 Å². The van der Waals surface area contributed by atoms with Gasteiger partial charge in [-0.2, -0.15) is 0 Å². The first kappa shape index (κ1) is 14.8. The number of ether oxygens (including phenoxy) is 2. The van der Waals surface area contributed by atoms with Gasteiger partial charge in [0.05, 0.1) is 13.7 Å². The maximum atomic E-state index is 11.8. The van der Waals surface area contributed by atoms with E-state index in [4.69, 9.17) is 9.47 Å². The number of esters is 1. The zero-order valence-corrected chi connectivity index (χ0v) is 12.8. The Bertz CT molecular complexity index is 639. The molecule has 1 atom stereocenters. The van der Waals surface area contributed by atoms with E-state index in [1.54, 1.807) is 13.0 Å². The minimum Gasteiger partial charge on any atom is -0.496 e. The van der Waals surface area contributed by atoms with E-state index in [0.717, 1.165) is 15.2 Å². The van der Waals surface area contributed by atoms with Crippen LogP contribution >= 0.6 is 15.9 Å². The molecule has 0 radical (unpaired) electrons. The summed E-state index contributed by atoms with van der Waals surface area (Å²) in [5.41, 5.74) is 0.427. The molecule has 5 heteroatoms. The summed E-state index contributed by atoms with van der Waals surface area (Å²) in [6, 6.07) is 9.20. The van der Waals surface area contributed by atoms with Crippen LogP contribution in [0.5, 0.6) is 5.75 Å². The number of aliphatic hydroxyl groups excluding tert-OH is 1. The lowest BCUT2D eigenvalue weighted by molar-refractivity contribution is -0.153. The molecule has 0 aliphatic carbocycles. The Morgan fingerprint density at radius 1 is 1.35 bits per heavy atom. The van der Waals surface area contributed by atoms with Gasteiger partial charge in [0.15, 0.2) is 6.10 Å². The van der Waals surface area contributed by atoms with Crippen LogP contribution < -0.4 is 4.74 Å². The number of carbonyl (C=O) groups excluding carboxylic acids is 1. The Balaban J connectivity index is 2.61. The lowest BCUT2D eigenvalue weighted by Crippen LogP contribution is -2.16. The van der Waals surface area contributed by atoms with E-state index in [2.05, 4.69) is 15.9 Å². The summed E-state index contributed by atoms with van der Waals surface area (Å²) in [5.74, 6) is -0.221. The first-order valence-corrected chi connectivity index (χ1v) is 6.98. The fourth-order valence-electron chi connectivity index (χ4n) is 2.10. The third kappa shape index (κ3) is 2.78. The number of rotatable bonds is 4. The minimum absolute atomic E-state index is 0.217. The predicted octanol–water partition coefficient (Wildman–Crippen LogP) is 3.21. The van der Waals surface area contributed by atoms with E-state index in [1.807, 2.05) is 24.3 Å². The second kappa shape index (κ2) is 6.24. The molecule has 2 rings (SSSR count). The van der Waals surface area contributed by atoms with Gasteiger partial charge in [0.1, 0.15) is 5.75 Å². The average Bonchev–Trinajstić information content (AvgIpc) is 2.45. The van der Waals surface area contributed by atoms with Gasteiger partial charge in [-0.1, -0.05) is 28.1 Å². The topological polar surface area (TPSA) is 55.8 Å². The number of halogens is 1. The van der Waals surface area contributed by atoms with Crippen molar-refractivity contribution in [3.63, 3.8) is 0 Å². The molecule has 4 nitrogen and oxygen atoms in total. The van der Waals surface area contributed by atoms with Gasteiger partial charge in [-0.3, -0.25) is 0 Å². The van der Waals surface area contributed by atoms with Gasteiger partial charge in [0.25, 0.3) is 0 Å². The summed E-state index contributed by atoms with van der Waals surface area (Å²) in [5, 5.41) is 11.9. The van der Waals surface area contributed by atoms with Crippen LogP contribution in [0.4, 0.5) is 0 Å². The second-order valence-corrected chi connectivity index (χ2v) is 5.12. The molecule has 0 heterocycles. The van der Waals surface area contributed by atoms with Crippen LogP contribution in [0, 0.1) is 0 Å². The molecule has 0 aliphatic rings. The highest BCUT2D eigenvalue weighted by molar-refractivity contribution is 9.10. The number of methoxy groups -OCH3 is 1. The molecule has 0 spiro atoms. The first-order chi connectivity index (χ1) is 9.58. The van der Waals surface area contributed by atoms with Gasteiger partial charge >= 0.3 is 5.97 Å². The van der Waals surface area contributed by atoms with Crippen molar-refractivity contribution in [2.24, 2.45) is 0 Å². The van der Waals surface area contributed by atoms with Crippen LogP contribution in [0.25, 0.3) is 10.8 Å². The van der Waals surface area contributed by atoms with Crippen LogP contribution in [-0.4, -0.2) is 24.8 Å². The predicted molar refractivity (Wildman–Crippen MR) is 79.8 cm³/mol. The van der Waals surface area contributed by atoms with Crippen molar-refractivity contribution in [2.75, 3.05) is 13.7 Å². The van der Waals surface area contributed by atoms with Gasteiger partial charge in [0.2, 0.25) is 0 Å². The Morgan fingerprint density at radius 2 is 2.10 bits per heavy atom. The van der Waals surface area contributed by atoms with Gasteiger partial charge in [0, 0.05) is 10.0 Å². The van der Waals surface area contributed by atoms with E-state index in [-0.39, 0.29) is 6.61 Å². The number of fused-ring (bicyclic) bond motifs is 1. The van der Waals surface area contributed by atoms with E-state index >= 15 is 0 Å². The number of hydrogen-bond donors (Lipinski definition) is 1. The molecule has 20 heavy (non-hydrogen) atoms. The van der Waals surface area contributed by atoms with Gasteiger partial charge in [-0.25, -0.2) is 4.79 Å². The van der Waals surface area contributed by atoms with E-state index in [9.17, 15) is 9.90 Å². The van der Waals surface area contributed by atoms with Crippen molar-refractivity contribution in [1.82, 2.24) is 0 Å². The Labute approximate surface area is 125 Å². The largest absolute Gasteiger partial charge is 0.496 e. The van der Waals surface area contributed by atoms with Crippen LogP contribution in [-0.2, 0) is 9.53 Å². The molecule has 1 unspecified atom stereocenters. The Morgan fingerprint density at radius 3 is 2.75 bits per heavy atom. The second-order valence-electron chi connectivity index (χ2n) is 4.20. The first-order valence-electron chi connectivity index (χ1n) is 6.19. The van der Waals surface area contributed by atoms with Crippen molar-refractivity contribution in [2.45, 2.75) is 13.0 Å². The minimum atomic E-state index is -1.37. The molecule has 2 aromatic carbocycles. The molecule has 0 amide bonds. The highest BCUT2D eigenvalue weighted by Gasteiger charge is 2.24. The molecule has 1 N–H and O–H groups in total. The number of hydrogen-bond acceptors (Lipinski definition) is 4. The van der Waals surface area contributed by atoms with Crippen LogP contribution in [0.15, 0.2) is 34.8 Å². The fraction of sp³-hybridized carbons (Fsp3) is 0.267. The maximum Gasteiger partial charge on any atom is 0.339 e. The van der Waals surface area contributed by atoms with Gasteiger partial charge < -0.3 is 14.6 Å². The molecule has 0 aliphatic heterocycles. The van der Waals surface area contributed by atoms with Crippen molar-refractivity contribution < 1.29 is 19.4 Å². The highest BCUT2D eigenvalue weighted by atomic mass is 79.9. The fourth-order valence-corrected chi connectivity index (χ4v) is 2.48. The SMILES string of the molecule is CCOC(=O)C(O)c1c(OC)ccc2cc(Br)ccc12. The lowest BCUT2D eigenvalue weighted by atomic mass is 9.99. The summed E-state index contributed by atoms with van der Waals surface area (Å²) in [7, 11) is 1.50. The Kier molecular flexibility index (Phi) is 4.62. The van der Waals surface area contributed by atoms with Gasteiger partial charge in [-0.05, 0) is 35.9 Å². The molecule has 0 saturated heterocycles. The van der Waals surface area contributed by atoms with Crippen molar-refractivity contribution >= 4 is 32.7 Å². The molecular formula is C15H15BrO4. The molecule has 0 fully saturated rings. The summed E-state index contributed by atoms with van der Waals surface area (Å²) >= 11 is 3.40. The van der Waals surface area contributed by atoms with E-state index in [1.165, 1.54) is 7.11 Å². The van der Waals surface area contributed by atoms with E-state index in [0.29, 0.717) is 11.3 Å². The summed E-state index contributed by atoms with van der Waals surface area (Å²) in [4.78, 5) is 11.8. The molecular weight excluding hydrogens is 324 g/mol. The molecule has 0 saturated carbocycles. The van der Waals surface area contributed by atoms with Crippen LogP contribution in [0.3, 0.4) is 0 Å². The molecule has 0 aromatic heterocycles.